The van der Waals surface area contributed by atoms with Crippen LogP contribution in [0.1, 0.15) is 42.4 Å². The molecule has 0 amide bonds. The van der Waals surface area contributed by atoms with E-state index in [2.05, 4.69) is 54.6 Å². The summed E-state index contributed by atoms with van der Waals surface area (Å²) in [6.45, 7) is 0. The molecule has 1 aliphatic carbocycles. The Balaban J connectivity index is 1.42. The van der Waals surface area contributed by atoms with Crippen molar-refractivity contribution >= 4 is 0 Å². The van der Waals surface area contributed by atoms with Gasteiger partial charge < -0.3 is 0 Å². The molecule has 0 heterocycles. The van der Waals surface area contributed by atoms with Crippen molar-refractivity contribution in [1.29, 1.82) is 0 Å². The Hall–Kier alpha value is -1.56. The van der Waals surface area contributed by atoms with Gasteiger partial charge in [0.25, 0.3) is 0 Å². The van der Waals surface area contributed by atoms with Crippen molar-refractivity contribution in [1.82, 2.24) is 0 Å². The molecule has 0 radical (unpaired) electrons. The van der Waals surface area contributed by atoms with Crippen LogP contribution in [0.3, 0.4) is 0 Å². The first-order valence-electron chi connectivity index (χ1n) is 8.02. The molecule has 0 bridgehead atoms. The smallest absolute Gasteiger partial charge is 0.0248 e. The van der Waals surface area contributed by atoms with Crippen LogP contribution in [0.25, 0.3) is 0 Å². The van der Waals surface area contributed by atoms with Crippen LogP contribution in [0.5, 0.6) is 0 Å². The lowest BCUT2D eigenvalue weighted by molar-refractivity contribution is 0.409. The molecule has 2 aromatic carbocycles. The number of hydrogen-bond donors (Lipinski definition) is 0. The van der Waals surface area contributed by atoms with Gasteiger partial charge in [-0.25, -0.2) is 0 Å². The van der Waals surface area contributed by atoms with E-state index in [0.29, 0.717) is 0 Å². The Morgan fingerprint density at radius 3 is 2.40 bits per heavy atom. The molecule has 0 nitrogen and oxygen atoms in total. The molecule has 1 atom stereocenters. The Labute approximate surface area is 122 Å². The van der Waals surface area contributed by atoms with Gasteiger partial charge in [0.1, 0.15) is 0 Å². The van der Waals surface area contributed by atoms with Crippen LogP contribution >= 0.6 is 0 Å². The normalized spacial score (nSPS) is 17.7. The van der Waals surface area contributed by atoms with Crippen LogP contribution in [0.15, 0.2) is 54.6 Å². The van der Waals surface area contributed by atoms with E-state index >= 15 is 0 Å². The molecule has 0 aliphatic heterocycles. The van der Waals surface area contributed by atoms with Gasteiger partial charge in [-0.3, -0.25) is 0 Å². The van der Waals surface area contributed by atoms with E-state index in [-0.39, 0.29) is 0 Å². The first kappa shape index (κ1) is 13.4. The number of rotatable bonds is 5. The van der Waals surface area contributed by atoms with Crippen molar-refractivity contribution in [3.8, 4) is 0 Å². The van der Waals surface area contributed by atoms with Gasteiger partial charge in [-0.2, -0.15) is 0 Å². The third kappa shape index (κ3) is 3.50. The van der Waals surface area contributed by atoms with Crippen molar-refractivity contribution in [2.45, 2.75) is 44.9 Å². The van der Waals surface area contributed by atoms with Crippen LogP contribution in [0.2, 0.25) is 0 Å². The second-order valence-electron chi connectivity index (χ2n) is 6.11. The summed E-state index contributed by atoms with van der Waals surface area (Å²) < 4.78 is 0. The van der Waals surface area contributed by atoms with Crippen LogP contribution in [-0.4, -0.2) is 0 Å². The number of hydrogen-bond acceptors (Lipinski definition) is 0. The largest absolute Gasteiger partial charge is 0.0622 e. The van der Waals surface area contributed by atoms with E-state index < -0.39 is 0 Å². The second-order valence-corrected chi connectivity index (χ2v) is 6.11. The molecule has 3 rings (SSSR count). The highest BCUT2D eigenvalue weighted by Crippen LogP contribution is 2.28. The summed E-state index contributed by atoms with van der Waals surface area (Å²) in [5.74, 6) is 0.917. The quantitative estimate of drug-likeness (QED) is 0.651. The monoisotopic (exact) mass is 264 g/mol. The molecule has 0 spiro atoms. The van der Waals surface area contributed by atoms with Crippen molar-refractivity contribution in [3.05, 3.63) is 71.3 Å². The molecule has 104 valence electrons. The van der Waals surface area contributed by atoms with Gasteiger partial charge in [-0.05, 0) is 54.7 Å². The molecule has 1 unspecified atom stereocenters. The van der Waals surface area contributed by atoms with E-state index in [1.54, 1.807) is 11.1 Å². The van der Waals surface area contributed by atoms with Gasteiger partial charge >= 0.3 is 0 Å². The predicted octanol–water partition coefficient (Wildman–Crippen LogP) is 5.20. The molecule has 0 fully saturated rings. The Kier molecular flexibility index (Phi) is 4.53. The van der Waals surface area contributed by atoms with Gasteiger partial charge in [-0.15, -0.1) is 0 Å². The molecule has 0 heteroatoms. The maximum atomic E-state index is 2.32. The SMILES string of the molecule is c1ccc(CCCCC2CCc3ccccc3C2)cc1. The Bertz CT molecular complexity index is 527. The summed E-state index contributed by atoms with van der Waals surface area (Å²) in [6.07, 6.45) is 9.35. The van der Waals surface area contributed by atoms with Crippen molar-refractivity contribution in [2.24, 2.45) is 5.92 Å². The third-order valence-corrected chi connectivity index (χ3v) is 4.62. The van der Waals surface area contributed by atoms with Crippen molar-refractivity contribution in [3.63, 3.8) is 0 Å². The van der Waals surface area contributed by atoms with Gasteiger partial charge in [0.2, 0.25) is 0 Å². The van der Waals surface area contributed by atoms with Gasteiger partial charge in [-0.1, -0.05) is 67.4 Å². The summed E-state index contributed by atoms with van der Waals surface area (Å²) in [4.78, 5) is 0. The zero-order valence-electron chi connectivity index (χ0n) is 12.2. The first-order valence-corrected chi connectivity index (χ1v) is 8.02. The van der Waals surface area contributed by atoms with E-state index in [9.17, 15) is 0 Å². The highest BCUT2D eigenvalue weighted by molar-refractivity contribution is 5.29. The molecule has 0 saturated heterocycles. The topological polar surface area (TPSA) is 0 Å². The molecular formula is C20H24. The fraction of sp³-hybridized carbons (Fsp3) is 0.400. The summed E-state index contributed by atoms with van der Waals surface area (Å²) in [5.41, 5.74) is 4.68. The number of benzene rings is 2. The zero-order chi connectivity index (χ0) is 13.6. The first-order chi connectivity index (χ1) is 9.92. The second kappa shape index (κ2) is 6.74. The number of unbranched alkanes of at least 4 members (excludes halogenated alkanes) is 1. The standard InChI is InChI=1S/C20H24/c1-2-8-17(9-3-1)10-4-5-11-18-14-15-19-12-6-7-13-20(19)16-18/h1-3,6-9,12-13,18H,4-5,10-11,14-16H2. The fourth-order valence-corrected chi connectivity index (χ4v) is 3.43. The van der Waals surface area contributed by atoms with Gasteiger partial charge in [0.05, 0.1) is 0 Å². The summed E-state index contributed by atoms with van der Waals surface area (Å²) >= 11 is 0. The maximum absolute atomic E-state index is 2.32. The van der Waals surface area contributed by atoms with E-state index in [4.69, 9.17) is 0 Å². The minimum absolute atomic E-state index is 0.917. The van der Waals surface area contributed by atoms with E-state index in [0.717, 1.165) is 5.92 Å². The number of aryl methyl sites for hydroxylation is 2. The lowest BCUT2D eigenvalue weighted by atomic mass is 9.81. The highest BCUT2D eigenvalue weighted by atomic mass is 14.2. The minimum Gasteiger partial charge on any atom is -0.0622 e. The zero-order valence-corrected chi connectivity index (χ0v) is 12.2. The molecule has 20 heavy (non-hydrogen) atoms. The molecule has 0 aromatic heterocycles. The van der Waals surface area contributed by atoms with Crippen LogP contribution in [-0.2, 0) is 19.3 Å². The molecule has 0 N–H and O–H groups in total. The predicted molar refractivity (Wildman–Crippen MR) is 86.0 cm³/mol. The van der Waals surface area contributed by atoms with Crippen molar-refractivity contribution < 1.29 is 0 Å². The molecular weight excluding hydrogens is 240 g/mol. The average Bonchev–Trinajstić information content (AvgIpc) is 2.52. The summed E-state index contributed by atoms with van der Waals surface area (Å²) in [5, 5.41) is 0. The van der Waals surface area contributed by atoms with Gasteiger partial charge in [0.15, 0.2) is 0 Å². The van der Waals surface area contributed by atoms with E-state index in [1.807, 2.05) is 0 Å². The van der Waals surface area contributed by atoms with Crippen LogP contribution < -0.4 is 0 Å². The van der Waals surface area contributed by atoms with Crippen LogP contribution in [0.4, 0.5) is 0 Å². The number of fused-ring (bicyclic) bond motifs is 1. The summed E-state index contributed by atoms with van der Waals surface area (Å²) in [7, 11) is 0. The molecule has 1 aliphatic rings. The fourth-order valence-electron chi connectivity index (χ4n) is 3.43. The minimum atomic E-state index is 0.917. The lowest BCUT2D eigenvalue weighted by Gasteiger charge is -2.24. The molecule has 0 saturated carbocycles. The Morgan fingerprint density at radius 2 is 1.55 bits per heavy atom. The van der Waals surface area contributed by atoms with Crippen LogP contribution in [0, 0.1) is 5.92 Å². The molecule has 2 aromatic rings. The summed E-state index contributed by atoms with van der Waals surface area (Å²) in [6, 6.07) is 19.9. The lowest BCUT2D eigenvalue weighted by Crippen LogP contribution is -2.14. The van der Waals surface area contributed by atoms with Gasteiger partial charge in [0, 0.05) is 0 Å². The average molecular weight is 264 g/mol. The maximum Gasteiger partial charge on any atom is -0.0248 e. The third-order valence-electron chi connectivity index (χ3n) is 4.62. The van der Waals surface area contributed by atoms with Crippen molar-refractivity contribution in [2.75, 3.05) is 0 Å². The van der Waals surface area contributed by atoms with E-state index in [1.165, 1.54) is 50.5 Å². The highest BCUT2D eigenvalue weighted by Gasteiger charge is 2.17. The Morgan fingerprint density at radius 1 is 0.800 bits per heavy atom.